The molecule has 0 bridgehead atoms. The molecule has 1 heterocycles. The monoisotopic (exact) mass is 324 g/mol. The third kappa shape index (κ3) is 12.3. The predicted molar refractivity (Wildman–Crippen MR) is 95.7 cm³/mol. The summed E-state index contributed by atoms with van der Waals surface area (Å²) in [5.74, 6) is -0.676. The maximum Gasteiger partial charge on any atom is 0.303 e. The normalized spacial score (nSPS) is 20.2. The molecule has 1 rings (SSSR count). The summed E-state index contributed by atoms with van der Waals surface area (Å²) in [6.45, 7) is 2.26. The van der Waals surface area contributed by atoms with E-state index in [9.17, 15) is 4.79 Å². The molecule has 2 atom stereocenters. The second kappa shape index (κ2) is 13.6. The van der Waals surface area contributed by atoms with Crippen LogP contribution in [0.4, 0.5) is 0 Å². The molecular weight excluding hydrogens is 288 g/mol. The van der Waals surface area contributed by atoms with Crippen molar-refractivity contribution in [3.63, 3.8) is 0 Å². The van der Waals surface area contributed by atoms with Crippen molar-refractivity contribution >= 4 is 5.97 Å². The lowest BCUT2D eigenvalue weighted by molar-refractivity contribution is -0.137. The summed E-state index contributed by atoms with van der Waals surface area (Å²) >= 11 is 0. The number of hydrogen-bond acceptors (Lipinski definition) is 2. The van der Waals surface area contributed by atoms with E-state index in [0.29, 0.717) is 18.6 Å². The van der Waals surface area contributed by atoms with Crippen LogP contribution < -0.4 is 0 Å². The Morgan fingerprint density at radius 3 is 2.39 bits per heavy atom. The lowest BCUT2D eigenvalue weighted by Gasteiger charge is -1.98. The van der Waals surface area contributed by atoms with Crippen molar-refractivity contribution in [1.82, 2.24) is 0 Å². The zero-order chi connectivity index (χ0) is 16.8. The number of aliphatic carboxylic acids is 1. The van der Waals surface area contributed by atoms with Gasteiger partial charge in [-0.05, 0) is 32.1 Å². The van der Waals surface area contributed by atoms with Gasteiger partial charge in [0.2, 0.25) is 0 Å². The Balaban J connectivity index is 1.81. The third-order valence-corrected chi connectivity index (χ3v) is 4.58. The van der Waals surface area contributed by atoms with Gasteiger partial charge < -0.3 is 9.84 Å². The lowest BCUT2D eigenvalue weighted by Crippen LogP contribution is -1.93. The minimum atomic E-state index is -0.676. The van der Waals surface area contributed by atoms with Crippen LogP contribution in [0.25, 0.3) is 0 Å². The van der Waals surface area contributed by atoms with Gasteiger partial charge in [0.05, 0.1) is 12.2 Å². The highest BCUT2D eigenvalue weighted by molar-refractivity contribution is 5.66. The van der Waals surface area contributed by atoms with E-state index in [-0.39, 0.29) is 0 Å². The minimum Gasteiger partial charge on any atom is -0.481 e. The molecule has 1 fully saturated rings. The summed E-state index contributed by atoms with van der Waals surface area (Å²) in [6, 6.07) is 0. The van der Waals surface area contributed by atoms with E-state index in [2.05, 4.69) is 19.1 Å². The number of rotatable bonds is 16. The molecule has 1 saturated heterocycles. The van der Waals surface area contributed by atoms with Crippen molar-refractivity contribution in [3.8, 4) is 0 Å². The maximum atomic E-state index is 10.4. The number of hydrogen-bond donors (Lipinski definition) is 1. The summed E-state index contributed by atoms with van der Waals surface area (Å²) in [4.78, 5) is 10.4. The highest BCUT2D eigenvalue weighted by Gasteiger charge is 2.36. The van der Waals surface area contributed by atoms with Gasteiger partial charge >= 0.3 is 5.97 Å². The van der Waals surface area contributed by atoms with Crippen molar-refractivity contribution < 1.29 is 14.6 Å². The number of epoxide rings is 1. The Morgan fingerprint density at radius 2 is 1.61 bits per heavy atom. The SMILES string of the molecule is CCCCCCCCC1OC1C/C=C\CCCCCCC(=O)O. The van der Waals surface area contributed by atoms with E-state index in [4.69, 9.17) is 9.84 Å². The summed E-state index contributed by atoms with van der Waals surface area (Å²) < 4.78 is 5.72. The highest BCUT2D eigenvalue weighted by atomic mass is 16.6. The Kier molecular flexibility index (Phi) is 11.9. The first-order valence-electron chi connectivity index (χ1n) is 9.76. The number of carboxylic acid groups (broad SMARTS) is 1. The summed E-state index contributed by atoms with van der Waals surface area (Å²) in [6.07, 6.45) is 21.6. The second-order valence-electron chi connectivity index (χ2n) is 6.82. The lowest BCUT2D eigenvalue weighted by atomic mass is 10.1. The molecule has 0 radical (unpaired) electrons. The van der Waals surface area contributed by atoms with Crippen LogP contribution in [0.1, 0.15) is 96.8 Å². The average molecular weight is 325 g/mol. The van der Waals surface area contributed by atoms with Crippen molar-refractivity contribution in [2.75, 3.05) is 0 Å². The Hall–Kier alpha value is -0.830. The molecule has 3 heteroatoms. The first kappa shape index (κ1) is 20.2. The molecule has 23 heavy (non-hydrogen) atoms. The van der Waals surface area contributed by atoms with Gasteiger partial charge in [-0.3, -0.25) is 4.79 Å². The zero-order valence-corrected chi connectivity index (χ0v) is 15.0. The van der Waals surface area contributed by atoms with Crippen LogP contribution in [0.15, 0.2) is 12.2 Å². The van der Waals surface area contributed by atoms with Crippen LogP contribution >= 0.6 is 0 Å². The maximum absolute atomic E-state index is 10.4. The standard InChI is InChI=1S/C20H36O3/c1-2-3-4-5-9-12-15-18-19(23-18)16-13-10-7-6-8-11-14-17-20(21)22/h10,13,18-19H,2-9,11-12,14-17H2,1H3,(H,21,22)/b13-10-. The minimum absolute atomic E-state index is 0.314. The molecule has 2 unspecified atom stereocenters. The van der Waals surface area contributed by atoms with Crippen molar-refractivity contribution in [2.45, 2.75) is 109 Å². The molecule has 0 aromatic carbocycles. The zero-order valence-electron chi connectivity index (χ0n) is 15.0. The fourth-order valence-corrected chi connectivity index (χ4v) is 3.01. The van der Waals surface area contributed by atoms with Gasteiger partial charge in [-0.1, -0.05) is 70.4 Å². The molecule has 3 nitrogen and oxygen atoms in total. The van der Waals surface area contributed by atoms with Crippen molar-refractivity contribution in [1.29, 1.82) is 0 Å². The van der Waals surface area contributed by atoms with Gasteiger partial charge in [-0.2, -0.15) is 0 Å². The molecule has 0 spiro atoms. The van der Waals surface area contributed by atoms with Gasteiger partial charge in [0.25, 0.3) is 0 Å². The molecule has 0 aromatic rings. The van der Waals surface area contributed by atoms with E-state index < -0.39 is 5.97 Å². The van der Waals surface area contributed by atoms with Gasteiger partial charge in [0.1, 0.15) is 0 Å². The number of allylic oxidation sites excluding steroid dienone is 1. The third-order valence-electron chi connectivity index (χ3n) is 4.58. The number of unbranched alkanes of at least 4 members (excludes halogenated alkanes) is 9. The first-order chi connectivity index (χ1) is 11.2. The van der Waals surface area contributed by atoms with Gasteiger partial charge in [-0.25, -0.2) is 0 Å². The topological polar surface area (TPSA) is 49.8 Å². The molecule has 0 saturated carbocycles. The molecule has 0 aliphatic carbocycles. The van der Waals surface area contributed by atoms with Crippen LogP contribution in [-0.2, 0) is 9.53 Å². The summed E-state index contributed by atoms with van der Waals surface area (Å²) in [7, 11) is 0. The molecule has 134 valence electrons. The van der Waals surface area contributed by atoms with E-state index >= 15 is 0 Å². The van der Waals surface area contributed by atoms with E-state index in [1.165, 1.54) is 51.4 Å². The van der Waals surface area contributed by atoms with Gasteiger partial charge in [0.15, 0.2) is 0 Å². The van der Waals surface area contributed by atoms with Crippen LogP contribution in [-0.4, -0.2) is 23.3 Å². The van der Waals surface area contributed by atoms with Crippen LogP contribution in [0.3, 0.4) is 0 Å². The average Bonchev–Trinajstić information content (AvgIpc) is 3.27. The van der Waals surface area contributed by atoms with E-state index in [1.54, 1.807) is 0 Å². The summed E-state index contributed by atoms with van der Waals surface area (Å²) in [5.41, 5.74) is 0. The number of carboxylic acids is 1. The van der Waals surface area contributed by atoms with Crippen LogP contribution in [0.2, 0.25) is 0 Å². The molecule has 0 aromatic heterocycles. The van der Waals surface area contributed by atoms with E-state index in [0.717, 1.165) is 32.1 Å². The molecule has 1 N–H and O–H groups in total. The largest absolute Gasteiger partial charge is 0.481 e. The first-order valence-corrected chi connectivity index (χ1v) is 9.76. The molecule has 1 aliphatic rings. The Morgan fingerprint density at radius 1 is 0.913 bits per heavy atom. The highest BCUT2D eigenvalue weighted by Crippen LogP contribution is 2.30. The van der Waals surface area contributed by atoms with Gasteiger partial charge in [-0.15, -0.1) is 0 Å². The van der Waals surface area contributed by atoms with Crippen LogP contribution in [0.5, 0.6) is 0 Å². The Bertz CT molecular complexity index is 325. The van der Waals surface area contributed by atoms with Crippen molar-refractivity contribution in [3.05, 3.63) is 12.2 Å². The predicted octanol–water partition coefficient (Wildman–Crippen LogP) is 5.88. The molecule has 0 amide bonds. The fraction of sp³-hybridized carbons (Fsp3) is 0.850. The second-order valence-corrected chi connectivity index (χ2v) is 6.82. The fourth-order valence-electron chi connectivity index (χ4n) is 3.01. The smallest absolute Gasteiger partial charge is 0.303 e. The van der Waals surface area contributed by atoms with Crippen LogP contribution in [0, 0.1) is 0 Å². The Labute approximate surface area is 142 Å². The van der Waals surface area contributed by atoms with Gasteiger partial charge in [0, 0.05) is 6.42 Å². The van der Waals surface area contributed by atoms with E-state index in [1.807, 2.05) is 0 Å². The number of carbonyl (C=O) groups is 1. The molecular formula is C20H36O3. The number of ether oxygens (including phenoxy) is 1. The van der Waals surface area contributed by atoms with Crippen molar-refractivity contribution in [2.24, 2.45) is 0 Å². The molecule has 1 aliphatic heterocycles. The quantitative estimate of drug-likeness (QED) is 0.219. The summed E-state index contributed by atoms with van der Waals surface area (Å²) in [5, 5.41) is 8.54.